The van der Waals surface area contributed by atoms with Crippen LogP contribution in [-0.2, 0) is 20.7 Å². The van der Waals surface area contributed by atoms with E-state index < -0.39 is 5.92 Å². The molecule has 5 nitrogen and oxygen atoms in total. The maximum absolute atomic E-state index is 14.1. The van der Waals surface area contributed by atoms with Crippen LogP contribution in [0.15, 0.2) is 42.5 Å². The van der Waals surface area contributed by atoms with Crippen molar-refractivity contribution in [1.82, 2.24) is 4.90 Å². The predicted molar refractivity (Wildman–Crippen MR) is 123 cm³/mol. The first kappa shape index (κ1) is 25.3. The summed E-state index contributed by atoms with van der Waals surface area (Å²) < 4.78 is 24.9. The maximum Gasteiger partial charge on any atom is 0.311 e. The van der Waals surface area contributed by atoms with Gasteiger partial charge in [0.05, 0.1) is 25.7 Å². The van der Waals surface area contributed by atoms with Crippen LogP contribution in [-0.4, -0.2) is 57.4 Å². The molecule has 0 saturated carbocycles. The van der Waals surface area contributed by atoms with Crippen molar-refractivity contribution in [1.29, 1.82) is 0 Å². The molecule has 0 amide bonds. The van der Waals surface area contributed by atoms with E-state index in [9.17, 15) is 9.18 Å². The molecule has 170 valence electrons. The molecule has 2 rings (SSSR count). The molecule has 2 aromatic rings. The van der Waals surface area contributed by atoms with Crippen molar-refractivity contribution in [3.63, 3.8) is 0 Å². The Morgan fingerprint density at radius 1 is 1.19 bits per heavy atom. The highest BCUT2D eigenvalue weighted by atomic mass is 35.5. The Morgan fingerprint density at radius 3 is 2.55 bits per heavy atom. The molecule has 7 heteroatoms. The zero-order valence-corrected chi connectivity index (χ0v) is 19.2. The van der Waals surface area contributed by atoms with Crippen LogP contribution >= 0.6 is 11.6 Å². The predicted octanol–water partition coefficient (Wildman–Crippen LogP) is 4.16. The van der Waals surface area contributed by atoms with Crippen molar-refractivity contribution in [3.8, 4) is 11.1 Å². The lowest BCUT2D eigenvalue weighted by atomic mass is 9.95. The van der Waals surface area contributed by atoms with Gasteiger partial charge in [-0.3, -0.25) is 4.79 Å². The summed E-state index contributed by atoms with van der Waals surface area (Å²) in [6, 6.07) is 11.8. The number of hydrogen-bond acceptors (Lipinski definition) is 5. The summed E-state index contributed by atoms with van der Waals surface area (Å²) in [5, 5.41) is 0.486. The fraction of sp³-hybridized carbons (Fsp3) is 0.458. The molecular formula is C24H32ClFN2O3. The second-order valence-corrected chi connectivity index (χ2v) is 8.28. The molecule has 0 radical (unpaired) electrons. The second-order valence-electron chi connectivity index (χ2n) is 7.85. The van der Waals surface area contributed by atoms with Crippen LogP contribution in [0.4, 0.5) is 4.39 Å². The van der Waals surface area contributed by atoms with Crippen molar-refractivity contribution in [2.75, 3.05) is 40.5 Å². The van der Waals surface area contributed by atoms with Gasteiger partial charge in [-0.25, -0.2) is 4.39 Å². The third-order valence-electron chi connectivity index (χ3n) is 4.90. The van der Waals surface area contributed by atoms with E-state index in [0.717, 1.165) is 17.7 Å². The van der Waals surface area contributed by atoms with E-state index >= 15 is 0 Å². The second kappa shape index (κ2) is 12.8. The molecule has 0 aliphatic heterocycles. The number of benzene rings is 2. The average Bonchev–Trinajstić information content (AvgIpc) is 2.72. The van der Waals surface area contributed by atoms with Gasteiger partial charge >= 0.3 is 5.97 Å². The minimum absolute atomic E-state index is 0.236. The van der Waals surface area contributed by atoms with Crippen molar-refractivity contribution in [3.05, 3.63) is 58.9 Å². The summed E-state index contributed by atoms with van der Waals surface area (Å²) >= 11 is 5.99. The Kier molecular flexibility index (Phi) is 10.4. The van der Waals surface area contributed by atoms with Crippen LogP contribution in [0, 0.1) is 11.7 Å². The molecule has 0 spiro atoms. The topological polar surface area (TPSA) is 64.8 Å². The maximum atomic E-state index is 14.1. The summed E-state index contributed by atoms with van der Waals surface area (Å²) in [5.74, 6) is -1.01. The summed E-state index contributed by atoms with van der Waals surface area (Å²) in [6.45, 7) is 3.71. The molecular weight excluding hydrogens is 419 g/mol. The normalized spacial score (nSPS) is 13.3. The van der Waals surface area contributed by atoms with Gasteiger partial charge in [-0.1, -0.05) is 35.9 Å². The number of likely N-dealkylation sites (N-methyl/N-ethyl adjacent to an activating group) is 1. The average molecular weight is 451 g/mol. The first-order chi connectivity index (χ1) is 14.8. The smallest absolute Gasteiger partial charge is 0.311 e. The Morgan fingerprint density at radius 2 is 1.90 bits per heavy atom. The summed E-state index contributed by atoms with van der Waals surface area (Å²) in [7, 11) is 3.93. The van der Waals surface area contributed by atoms with E-state index in [1.165, 1.54) is 12.1 Å². The van der Waals surface area contributed by atoms with E-state index in [-0.39, 0.29) is 24.4 Å². The molecule has 0 fully saturated rings. The Labute approximate surface area is 189 Å². The van der Waals surface area contributed by atoms with Crippen molar-refractivity contribution < 1.29 is 18.7 Å². The van der Waals surface area contributed by atoms with E-state index in [1.54, 1.807) is 13.0 Å². The first-order valence-corrected chi connectivity index (χ1v) is 10.9. The highest BCUT2D eigenvalue weighted by Gasteiger charge is 2.23. The third-order valence-corrected chi connectivity index (χ3v) is 5.14. The molecule has 0 aliphatic rings. The van der Waals surface area contributed by atoms with E-state index in [2.05, 4.69) is 0 Å². The first-order valence-electron chi connectivity index (χ1n) is 10.5. The summed E-state index contributed by atoms with van der Waals surface area (Å²) in [5.41, 5.74) is 8.55. The number of hydrogen-bond donors (Lipinski definition) is 1. The lowest BCUT2D eigenvalue weighted by Gasteiger charge is -2.20. The fourth-order valence-electron chi connectivity index (χ4n) is 3.26. The van der Waals surface area contributed by atoms with Crippen LogP contribution in [0.3, 0.4) is 0 Å². The van der Waals surface area contributed by atoms with Crippen molar-refractivity contribution in [2.24, 2.45) is 11.7 Å². The van der Waals surface area contributed by atoms with Crippen LogP contribution in [0.25, 0.3) is 11.1 Å². The fourth-order valence-corrected chi connectivity index (χ4v) is 3.43. The molecule has 2 atom stereocenters. The van der Waals surface area contributed by atoms with Gasteiger partial charge in [0.25, 0.3) is 0 Å². The number of ether oxygens (including phenoxy) is 2. The lowest BCUT2D eigenvalue weighted by Crippen LogP contribution is -2.33. The van der Waals surface area contributed by atoms with Gasteiger partial charge in [-0.2, -0.15) is 0 Å². The molecule has 2 aromatic carbocycles. The van der Waals surface area contributed by atoms with Gasteiger partial charge in [0, 0.05) is 23.2 Å². The van der Waals surface area contributed by atoms with Crippen LogP contribution < -0.4 is 5.73 Å². The van der Waals surface area contributed by atoms with Crippen LogP contribution in [0.2, 0.25) is 5.02 Å². The van der Waals surface area contributed by atoms with E-state index in [1.807, 2.05) is 43.3 Å². The molecule has 0 saturated heterocycles. The monoisotopic (exact) mass is 450 g/mol. The molecule has 0 aliphatic carbocycles. The zero-order chi connectivity index (χ0) is 22.8. The highest BCUT2D eigenvalue weighted by molar-refractivity contribution is 6.30. The standard InChI is InChI=1S/C24H32ClFN2O3/c1-4-31-24(29)19(16-30-12-11-28(2)3)14-21(27)13-17-5-7-18(8-6-17)22-15-20(25)9-10-23(22)26/h5-10,15,19,21H,4,11-14,16,27H2,1-3H3. The number of carbonyl (C=O) groups is 1. The number of esters is 1. The van der Waals surface area contributed by atoms with Gasteiger partial charge in [0.1, 0.15) is 5.82 Å². The molecule has 2 N–H and O–H groups in total. The van der Waals surface area contributed by atoms with Crippen LogP contribution in [0.5, 0.6) is 0 Å². The van der Waals surface area contributed by atoms with E-state index in [0.29, 0.717) is 36.6 Å². The largest absolute Gasteiger partial charge is 0.466 e. The van der Waals surface area contributed by atoms with E-state index in [4.69, 9.17) is 26.8 Å². The Bertz CT molecular complexity index is 830. The number of nitrogens with zero attached hydrogens (tertiary/aromatic N) is 1. The summed E-state index contributed by atoms with van der Waals surface area (Å²) in [6.07, 6.45) is 1.05. The quantitative estimate of drug-likeness (QED) is 0.388. The van der Waals surface area contributed by atoms with Gasteiger partial charge in [0.2, 0.25) is 0 Å². The minimum atomic E-state index is -0.406. The molecule has 2 unspecified atom stereocenters. The third kappa shape index (κ3) is 8.57. The Balaban J connectivity index is 1.97. The van der Waals surface area contributed by atoms with Gasteiger partial charge < -0.3 is 20.1 Å². The summed E-state index contributed by atoms with van der Waals surface area (Å²) in [4.78, 5) is 14.3. The minimum Gasteiger partial charge on any atom is -0.466 e. The molecule has 0 bridgehead atoms. The number of carbonyl (C=O) groups excluding carboxylic acids is 1. The number of nitrogens with two attached hydrogens (primary N) is 1. The lowest BCUT2D eigenvalue weighted by molar-refractivity contribution is -0.150. The van der Waals surface area contributed by atoms with Gasteiger partial charge in [-0.15, -0.1) is 0 Å². The highest BCUT2D eigenvalue weighted by Crippen LogP contribution is 2.26. The number of rotatable bonds is 12. The van der Waals surface area contributed by atoms with Crippen LogP contribution in [0.1, 0.15) is 18.9 Å². The van der Waals surface area contributed by atoms with Gasteiger partial charge in [-0.05, 0) is 63.2 Å². The van der Waals surface area contributed by atoms with Crippen molar-refractivity contribution >= 4 is 17.6 Å². The zero-order valence-electron chi connectivity index (χ0n) is 18.4. The molecule has 31 heavy (non-hydrogen) atoms. The molecule has 0 heterocycles. The van der Waals surface area contributed by atoms with Gasteiger partial charge in [0.15, 0.2) is 0 Å². The SMILES string of the molecule is CCOC(=O)C(COCCN(C)C)CC(N)Cc1ccc(-c2cc(Cl)ccc2F)cc1. The number of halogens is 2. The Hall–Kier alpha value is -1.99. The van der Waals surface area contributed by atoms with Crippen molar-refractivity contribution in [2.45, 2.75) is 25.8 Å². The molecule has 0 aromatic heterocycles.